The van der Waals surface area contributed by atoms with Crippen molar-refractivity contribution in [2.75, 3.05) is 26.8 Å². The molecular formula is C14H22N4O3. The summed E-state index contributed by atoms with van der Waals surface area (Å²) in [5.41, 5.74) is 1.05. The van der Waals surface area contributed by atoms with Gasteiger partial charge in [0.15, 0.2) is 5.96 Å². The summed E-state index contributed by atoms with van der Waals surface area (Å²) >= 11 is 0. The molecule has 1 aromatic rings. The Morgan fingerprint density at radius 3 is 2.62 bits per heavy atom. The first-order valence-electron chi connectivity index (χ1n) is 6.93. The van der Waals surface area contributed by atoms with Gasteiger partial charge in [-0.3, -0.25) is 15.1 Å². The second-order valence-electron chi connectivity index (χ2n) is 4.33. The molecule has 0 saturated carbocycles. The van der Waals surface area contributed by atoms with Crippen molar-refractivity contribution in [3.05, 3.63) is 39.9 Å². The Hall–Kier alpha value is -2.15. The normalized spacial score (nSPS) is 11.2. The van der Waals surface area contributed by atoms with Gasteiger partial charge in [-0.25, -0.2) is 0 Å². The van der Waals surface area contributed by atoms with Crippen LogP contribution in [0.15, 0.2) is 29.3 Å². The third-order valence-corrected chi connectivity index (χ3v) is 2.79. The van der Waals surface area contributed by atoms with Gasteiger partial charge in [-0.15, -0.1) is 0 Å². The molecule has 7 nitrogen and oxygen atoms in total. The van der Waals surface area contributed by atoms with E-state index in [1.807, 2.05) is 6.92 Å². The van der Waals surface area contributed by atoms with Crippen LogP contribution in [0, 0.1) is 10.1 Å². The molecule has 0 atom stereocenters. The number of hydrogen-bond donors (Lipinski definition) is 2. The Morgan fingerprint density at radius 2 is 2.05 bits per heavy atom. The summed E-state index contributed by atoms with van der Waals surface area (Å²) in [5, 5.41) is 16.9. The summed E-state index contributed by atoms with van der Waals surface area (Å²) in [6, 6.07) is 6.45. The Balaban J connectivity index is 2.32. The first kappa shape index (κ1) is 16.9. The van der Waals surface area contributed by atoms with Crippen LogP contribution in [-0.4, -0.2) is 37.7 Å². The van der Waals surface area contributed by atoms with Gasteiger partial charge < -0.3 is 15.4 Å². The smallest absolute Gasteiger partial charge is 0.269 e. The first-order valence-corrected chi connectivity index (χ1v) is 6.93. The fourth-order valence-corrected chi connectivity index (χ4v) is 1.67. The minimum Gasteiger partial charge on any atom is -0.382 e. The van der Waals surface area contributed by atoms with E-state index in [1.165, 1.54) is 12.1 Å². The molecule has 7 heteroatoms. The molecule has 0 bridgehead atoms. The summed E-state index contributed by atoms with van der Waals surface area (Å²) in [5.74, 6) is 0.699. The zero-order valence-corrected chi connectivity index (χ0v) is 12.5. The van der Waals surface area contributed by atoms with Crippen molar-refractivity contribution in [1.29, 1.82) is 0 Å². The molecule has 0 fully saturated rings. The number of guanidine groups is 1. The number of nitro groups is 1. The number of nitrogens with one attached hydrogen (secondary N) is 2. The molecule has 0 amide bonds. The van der Waals surface area contributed by atoms with Crippen molar-refractivity contribution in [2.45, 2.75) is 19.9 Å². The van der Waals surface area contributed by atoms with Crippen LogP contribution in [0.3, 0.4) is 0 Å². The van der Waals surface area contributed by atoms with Gasteiger partial charge in [0.1, 0.15) is 0 Å². The molecule has 0 radical (unpaired) electrons. The molecule has 116 valence electrons. The number of benzene rings is 1. The van der Waals surface area contributed by atoms with Gasteiger partial charge in [0.2, 0.25) is 0 Å². The van der Waals surface area contributed by atoms with E-state index >= 15 is 0 Å². The minimum atomic E-state index is -0.407. The fourth-order valence-electron chi connectivity index (χ4n) is 1.67. The minimum absolute atomic E-state index is 0.0946. The maximum absolute atomic E-state index is 10.6. The van der Waals surface area contributed by atoms with Crippen molar-refractivity contribution in [3.8, 4) is 0 Å². The number of non-ortho nitro benzene ring substituents is 1. The number of nitrogens with zero attached hydrogens (tertiary/aromatic N) is 2. The van der Waals surface area contributed by atoms with E-state index in [2.05, 4.69) is 15.6 Å². The Morgan fingerprint density at radius 1 is 1.33 bits per heavy atom. The lowest BCUT2D eigenvalue weighted by Gasteiger charge is -2.11. The maximum atomic E-state index is 10.6. The first-order chi connectivity index (χ1) is 10.2. The highest BCUT2D eigenvalue weighted by Crippen LogP contribution is 2.11. The molecule has 0 unspecified atom stereocenters. The molecule has 1 rings (SSSR count). The van der Waals surface area contributed by atoms with Gasteiger partial charge in [-0.1, -0.05) is 12.1 Å². The largest absolute Gasteiger partial charge is 0.382 e. The number of ether oxygens (including phenoxy) is 1. The monoisotopic (exact) mass is 294 g/mol. The molecule has 0 spiro atoms. The number of aliphatic imine (C=N–C) groups is 1. The van der Waals surface area contributed by atoms with E-state index in [0.717, 1.165) is 31.7 Å². The average Bonchev–Trinajstić information content (AvgIpc) is 2.50. The topological polar surface area (TPSA) is 88.8 Å². The van der Waals surface area contributed by atoms with Crippen LogP contribution in [0.4, 0.5) is 5.69 Å². The van der Waals surface area contributed by atoms with Crippen molar-refractivity contribution < 1.29 is 9.66 Å². The van der Waals surface area contributed by atoms with Crippen molar-refractivity contribution in [2.24, 2.45) is 4.99 Å². The van der Waals surface area contributed by atoms with E-state index in [9.17, 15) is 10.1 Å². The lowest BCUT2D eigenvalue weighted by molar-refractivity contribution is -0.384. The number of nitro benzene ring substituents is 1. The van der Waals surface area contributed by atoms with Crippen LogP contribution in [0.2, 0.25) is 0 Å². The highest BCUT2D eigenvalue weighted by atomic mass is 16.6. The van der Waals surface area contributed by atoms with E-state index in [0.29, 0.717) is 12.5 Å². The Bertz CT molecular complexity index is 460. The summed E-state index contributed by atoms with van der Waals surface area (Å²) < 4.78 is 5.25. The van der Waals surface area contributed by atoms with Gasteiger partial charge in [-0.05, 0) is 18.9 Å². The van der Waals surface area contributed by atoms with Crippen LogP contribution >= 0.6 is 0 Å². The van der Waals surface area contributed by atoms with E-state index in [4.69, 9.17) is 4.74 Å². The van der Waals surface area contributed by atoms with Crippen LogP contribution < -0.4 is 10.6 Å². The third kappa shape index (κ3) is 6.71. The van der Waals surface area contributed by atoms with Crippen LogP contribution in [-0.2, 0) is 11.3 Å². The molecular weight excluding hydrogens is 272 g/mol. The van der Waals surface area contributed by atoms with Crippen molar-refractivity contribution >= 4 is 11.6 Å². The fraction of sp³-hybridized carbons (Fsp3) is 0.500. The molecule has 0 aromatic heterocycles. The molecule has 0 heterocycles. The number of hydrogen-bond acceptors (Lipinski definition) is 4. The van der Waals surface area contributed by atoms with Crippen LogP contribution in [0.5, 0.6) is 0 Å². The summed E-state index contributed by atoms with van der Waals surface area (Å²) in [4.78, 5) is 14.3. The highest BCUT2D eigenvalue weighted by Gasteiger charge is 2.04. The molecule has 2 N–H and O–H groups in total. The lowest BCUT2D eigenvalue weighted by atomic mass is 10.2. The Labute approximate surface area is 124 Å². The van der Waals surface area contributed by atoms with Crippen LogP contribution in [0.1, 0.15) is 18.9 Å². The maximum Gasteiger partial charge on any atom is 0.269 e. The molecule has 0 aliphatic rings. The van der Waals surface area contributed by atoms with Gasteiger partial charge in [-0.2, -0.15) is 0 Å². The zero-order chi connectivity index (χ0) is 15.5. The second kappa shape index (κ2) is 9.71. The highest BCUT2D eigenvalue weighted by molar-refractivity contribution is 5.79. The quantitative estimate of drug-likeness (QED) is 0.250. The zero-order valence-electron chi connectivity index (χ0n) is 12.5. The molecule has 0 aliphatic heterocycles. The van der Waals surface area contributed by atoms with Crippen molar-refractivity contribution in [1.82, 2.24) is 10.6 Å². The number of rotatable bonds is 8. The molecule has 1 aromatic carbocycles. The Kier molecular flexibility index (Phi) is 7.81. The van der Waals surface area contributed by atoms with E-state index in [1.54, 1.807) is 19.2 Å². The third-order valence-electron chi connectivity index (χ3n) is 2.79. The van der Waals surface area contributed by atoms with Gasteiger partial charge in [0, 0.05) is 45.5 Å². The SMILES string of the molecule is CCOCCCNC(=NC)NCc1ccc([N+](=O)[O-])cc1. The van der Waals surface area contributed by atoms with Crippen LogP contribution in [0.25, 0.3) is 0 Å². The van der Waals surface area contributed by atoms with Gasteiger partial charge in [0.25, 0.3) is 5.69 Å². The van der Waals surface area contributed by atoms with Gasteiger partial charge in [0.05, 0.1) is 4.92 Å². The average molecular weight is 294 g/mol. The predicted octanol–water partition coefficient (Wildman–Crippen LogP) is 1.69. The summed E-state index contributed by atoms with van der Waals surface area (Å²) in [7, 11) is 1.70. The summed E-state index contributed by atoms with van der Waals surface area (Å²) in [6.45, 7) is 4.76. The predicted molar refractivity (Wildman–Crippen MR) is 82.4 cm³/mol. The standard InChI is InChI=1S/C14H22N4O3/c1-3-21-10-4-9-16-14(15-2)17-11-12-5-7-13(8-6-12)18(19)20/h5-8H,3-4,9-11H2,1-2H3,(H2,15,16,17). The molecule has 21 heavy (non-hydrogen) atoms. The molecule has 0 saturated heterocycles. The second-order valence-corrected chi connectivity index (χ2v) is 4.33. The molecule has 0 aliphatic carbocycles. The van der Waals surface area contributed by atoms with E-state index < -0.39 is 4.92 Å². The summed E-state index contributed by atoms with van der Waals surface area (Å²) in [6.07, 6.45) is 0.909. The van der Waals surface area contributed by atoms with Gasteiger partial charge >= 0.3 is 0 Å². The lowest BCUT2D eigenvalue weighted by Crippen LogP contribution is -2.37. The van der Waals surface area contributed by atoms with E-state index in [-0.39, 0.29) is 5.69 Å². The van der Waals surface area contributed by atoms with Crippen molar-refractivity contribution in [3.63, 3.8) is 0 Å².